The first-order valence-electron chi connectivity index (χ1n) is 11.9. The van der Waals surface area contributed by atoms with E-state index in [1.54, 1.807) is 23.1 Å². The van der Waals surface area contributed by atoms with E-state index in [9.17, 15) is 0 Å². The number of thiophene rings is 1. The Morgan fingerprint density at radius 2 is 1.86 bits per heavy atom. The molecule has 2 aliphatic rings. The van der Waals surface area contributed by atoms with Crippen molar-refractivity contribution in [1.29, 1.82) is 0 Å². The first kappa shape index (κ1) is 20.5. The van der Waals surface area contributed by atoms with Gasteiger partial charge >= 0.3 is 0 Å². The SMILES string of the molecule is c1ccc(-c2nc3sc4c(ncn5c(SCc6ccc7c(c6)OCO7)nnc45)c3c3c2CCC3)cc1. The minimum absolute atomic E-state index is 0.280. The molecule has 0 fully saturated rings. The van der Waals surface area contributed by atoms with Gasteiger partial charge in [0.25, 0.3) is 0 Å². The Bertz CT molecular complexity index is 1810. The van der Waals surface area contributed by atoms with Gasteiger partial charge in [0.15, 0.2) is 22.3 Å². The fraction of sp³-hybridized carbons (Fsp3) is 0.185. The molecule has 36 heavy (non-hydrogen) atoms. The van der Waals surface area contributed by atoms with Gasteiger partial charge < -0.3 is 9.47 Å². The van der Waals surface area contributed by atoms with Crippen LogP contribution < -0.4 is 9.47 Å². The first-order valence-corrected chi connectivity index (χ1v) is 13.7. The number of hydrogen-bond acceptors (Lipinski definition) is 8. The van der Waals surface area contributed by atoms with E-state index in [1.807, 2.05) is 22.9 Å². The van der Waals surface area contributed by atoms with Crippen molar-refractivity contribution in [2.45, 2.75) is 30.2 Å². The summed E-state index contributed by atoms with van der Waals surface area (Å²) in [5.74, 6) is 2.34. The largest absolute Gasteiger partial charge is 0.454 e. The molecule has 0 saturated carbocycles. The maximum absolute atomic E-state index is 5.51. The van der Waals surface area contributed by atoms with Crippen LogP contribution in [0, 0.1) is 0 Å². The number of fused-ring (bicyclic) bond motifs is 8. The fourth-order valence-electron chi connectivity index (χ4n) is 5.25. The smallest absolute Gasteiger partial charge is 0.231 e. The molecule has 0 N–H and O–H groups in total. The summed E-state index contributed by atoms with van der Waals surface area (Å²) in [4.78, 5) is 11.1. The van der Waals surface area contributed by atoms with Gasteiger partial charge in [-0.25, -0.2) is 9.97 Å². The second-order valence-electron chi connectivity index (χ2n) is 8.99. The summed E-state index contributed by atoms with van der Waals surface area (Å²) in [6.45, 7) is 0.280. The summed E-state index contributed by atoms with van der Waals surface area (Å²) in [7, 11) is 0. The van der Waals surface area contributed by atoms with E-state index in [1.165, 1.54) is 22.1 Å². The molecule has 0 saturated heterocycles. The number of aryl methyl sites for hydroxylation is 1. The average Bonchev–Trinajstić information content (AvgIpc) is 3.71. The van der Waals surface area contributed by atoms with Crippen molar-refractivity contribution in [3.05, 3.63) is 71.5 Å². The molecule has 8 rings (SSSR count). The van der Waals surface area contributed by atoms with E-state index in [-0.39, 0.29) is 6.79 Å². The van der Waals surface area contributed by atoms with Gasteiger partial charge in [-0.2, -0.15) is 0 Å². The normalized spacial score (nSPS) is 14.3. The zero-order chi connectivity index (χ0) is 23.6. The van der Waals surface area contributed by atoms with Crippen LogP contribution in [0.25, 0.3) is 37.3 Å². The van der Waals surface area contributed by atoms with Crippen LogP contribution in [0.15, 0.2) is 60.0 Å². The Morgan fingerprint density at radius 1 is 0.972 bits per heavy atom. The number of hydrogen-bond donors (Lipinski definition) is 0. The Hall–Kier alpha value is -3.69. The predicted molar refractivity (Wildman–Crippen MR) is 141 cm³/mol. The summed E-state index contributed by atoms with van der Waals surface area (Å²) in [6.07, 6.45) is 5.14. The van der Waals surface area contributed by atoms with E-state index in [4.69, 9.17) is 19.4 Å². The second kappa shape index (κ2) is 7.91. The molecule has 1 aliphatic carbocycles. The Balaban J connectivity index is 1.22. The van der Waals surface area contributed by atoms with E-state index in [0.29, 0.717) is 0 Å². The van der Waals surface area contributed by atoms with Crippen molar-refractivity contribution in [1.82, 2.24) is 24.6 Å². The summed E-state index contributed by atoms with van der Waals surface area (Å²) in [6, 6.07) is 16.6. The Kier molecular flexibility index (Phi) is 4.50. The number of benzene rings is 2. The third kappa shape index (κ3) is 3.06. The molecule has 2 aromatic carbocycles. The zero-order valence-electron chi connectivity index (χ0n) is 19.1. The van der Waals surface area contributed by atoms with Crippen molar-refractivity contribution >= 4 is 49.2 Å². The molecule has 0 unspecified atom stereocenters. The molecule has 0 atom stereocenters. The summed E-state index contributed by atoms with van der Waals surface area (Å²) in [5, 5.41) is 11.1. The molecule has 0 bridgehead atoms. The molecule has 9 heteroatoms. The topological polar surface area (TPSA) is 74.4 Å². The van der Waals surface area contributed by atoms with Gasteiger partial charge in [-0.15, -0.1) is 21.5 Å². The van der Waals surface area contributed by atoms with Gasteiger partial charge in [-0.1, -0.05) is 48.2 Å². The summed E-state index contributed by atoms with van der Waals surface area (Å²) < 4.78 is 14.0. The Morgan fingerprint density at radius 3 is 2.81 bits per heavy atom. The highest BCUT2D eigenvalue weighted by molar-refractivity contribution is 7.98. The van der Waals surface area contributed by atoms with Crippen LogP contribution in [0.2, 0.25) is 0 Å². The van der Waals surface area contributed by atoms with Gasteiger partial charge in [-0.3, -0.25) is 4.40 Å². The van der Waals surface area contributed by atoms with Gasteiger partial charge in [-0.05, 0) is 48.1 Å². The fourth-order valence-corrected chi connectivity index (χ4v) is 7.23. The number of nitrogens with zero attached hydrogens (tertiary/aromatic N) is 5. The van der Waals surface area contributed by atoms with Crippen LogP contribution >= 0.6 is 23.1 Å². The molecule has 5 heterocycles. The minimum Gasteiger partial charge on any atom is -0.454 e. The van der Waals surface area contributed by atoms with E-state index < -0.39 is 0 Å². The lowest BCUT2D eigenvalue weighted by Gasteiger charge is -2.09. The molecular weight excluding hydrogens is 490 g/mol. The van der Waals surface area contributed by atoms with Crippen LogP contribution in [0.1, 0.15) is 23.1 Å². The number of rotatable bonds is 4. The molecule has 6 aromatic rings. The number of thioether (sulfide) groups is 1. The van der Waals surface area contributed by atoms with Crippen LogP contribution in [0.4, 0.5) is 0 Å². The molecule has 0 spiro atoms. The highest BCUT2D eigenvalue weighted by Crippen LogP contribution is 2.43. The molecule has 176 valence electrons. The van der Waals surface area contributed by atoms with Crippen LogP contribution in [-0.2, 0) is 18.6 Å². The first-order chi connectivity index (χ1) is 17.8. The van der Waals surface area contributed by atoms with E-state index in [0.717, 1.165) is 73.6 Å². The maximum Gasteiger partial charge on any atom is 0.231 e. The van der Waals surface area contributed by atoms with Gasteiger partial charge in [0.1, 0.15) is 15.9 Å². The van der Waals surface area contributed by atoms with Crippen molar-refractivity contribution in [2.24, 2.45) is 0 Å². The average molecular weight is 510 g/mol. The van der Waals surface area contributed by atoms with Crippen LogP contribution in [0.5, 0.6) is 11.5 Å². The van der Waals surface area contributed by atoms with Crippen molar-refractivity contribution < 1.29 is 9.47 Å². The van der Waals surface area contributed by atoms with Gasteiger partial charge in [0.2, 0.25) is 6.79 Å². The number of pyridine rings is 1. The molecule has 1 aliphatic heterocycles. The number of aromatic nitrogens is 5. The lowest BCUT2D eigenvalue weighted by Crippen LogP contribution is -1.95. The summed E-state index contributed by atoms with van der Waals surface area (Å²) >= 11 is 3.30. The van der Waals surface area contributed by atoms with Crippen molar-refractivity contribution in [3.8, 4) is 22.8 Å². The molecule has 4 aromatic heterocycles. The van der Waals surface area contributed by atoms with Crippen LogP contribution in [-0.4, -0.2) is 31.4 Å². The number of ether oxygens (including phenoxy) is 2. The Labute approximate surface area is 214 Å². The van der Waals surface area contributed by atoms with Gasteiger partial charge in [0.05, 0.1) is 11.2 Å². The summed E-state index contributed by atoms with van der Waals surface area (Å²) in [5.41, 5.74) is 8.04. The molecule has 7 nitrogen and oxygen atoms in total. The standard InChI is InChI=1S/C27H19N5O2S2/c1-2-5-16(6-3-1)22-18-8-4-7-17(18)21-23-24(36-26(21)29-22)25-30-31-27(32(25)13-28-23)35-12-15-9-10-19-20(11-15)34-14-33-19/h1-3,5-6,9-11,13H,4,7-8,12,14H2. The van der Waals surface area contributed by atoms with Crippen molar-refractivity contribution in [3.63, 3.8) is 0 Å². The predicted octanol–water partition coefficient (Wildman–Crippen LogP) is 6.06. The third-order valence-electron chi connectivity index (χ3n) is 6.91. The van der Waals surface area contributed by atoms with Gasteiger partial charge in [0, 0.05) is 16.7 Å². The highest BCUT2D eigenvalue weighted by Gasteiger charge is 2.25. The van der Waals surface area contributed by atoms with E-state index >= 15 is 0 Å². The van der Waals surface area contributed by atoms with Crippen LogP contribution in [0.3, 0.4) is 0 Å². The molecule has 0 radical (unpaired) electrons. The second-order valence-corrected chi connectivity index (χ2v) is 10.9. The maximum atomic E-state index is 5.51. The highest BCUT2D eigenvalue weighted by atomic mass is 32.2. The zero-order valence-corrected chi connectivity index (χ0v) is 20.7. The third-order valence-corrected chi connectivity index (χ3v) is 8.99. The lowest BCUT2D eigenvalue weighted by atomic mass is 10.0. The molecular formula is C27H19N5O2S2. The van der Waals surface area contributed by atoms with E-state index in [2.05, 4.69) is 46.6 Å². The lowest BCUT2D eigenvalue weighted by molar-refractivity contribution is 0.174. The minimum atomic E-state index is 0.280. The quantitative estimate of drug-likeness (QED) is 0.267. The molecule has 0 amide bonds. The van der Waals surface area contributed by atoms with Crippen molar-refractivity contribution in [2.75, 3.05) is 6.79 Å². The monoisotopic (exact) mass is 509 g/mol.